The molecule has 0 atom stereocenters. The van der Waals surface area contributed by atoms with Crippen LogP contribution < -0.4 is 0 Å². The van der Waals surface area contributed by atoms with E-state index in [0.717, 1.165) is 0 Å². The van der Waals surface area contributed by atoms with Crippen LogP contribution in [0.25, 0.3) is 0 Å². The second kappa shape index (κ2) is 18.5. The van der Waals surface area contributed by atoms with Gasteiger partial charge in [-0.2, -0.15) is 0 Å². The van der Waals surface area contributed by atoms with Gasteiger partial charge in [-0.15, -0.1) is 0 Å². The van der Waals surface area contributed by atoms with Gasteiger partial charge in [0.15, 0.2) is 11.6 Å². The lowest BCUT2D eigenvalue weighted by atomic mass is 9.74. The van der Waals surface area contributed by atoms with E-state index < -0.39 is 0 Å². The summed E-state index contributed by atoms with van der Waals surface area (Å²) < 4.78 is 0. The van der Waals surface area contributed by atoms with E-state index in [1.165, 1.54) is 56.7 Å². The Bertz CT molecular complexity index is 2200. The second-order valence-corrected chi connectivity index (χ2v) is 18.2. The van der Waals surface area contributed by atoms with E-state index in [1.807, 2.05) is 48.5 Å². The highest BCUT2D eigenvalue weighted by Crippen LogP contribution is 2.38. The van der Waals surface area contributed by atoms with Crippen molar-refractivity contribution in [2.45, 2.75) is 90.9 Å². The van der Waals surface area contributed by atoms with Crippen molar-refractivity contribution in [2.24, 2.45) is 0 Å². The van der Waals surface area contributed by atoms with Gasteiger partial charge >= 0.3 is 0 Å². The Kier molecular flexibility index (Phi) is 13.9. The highest BCUT2D eigenvalue weighted by molar-refractivity contribution is 6.19. The molecule has 4 N–H and O–H groups in total. The van der Waals surface area contributed by atoms with Crippen LogP contribution in [0, 0.1) is 0 Å². The minimum absolute atomic E-state index is 0.0582. The minimum atomic E-state index is -0.144. The van der Waals surface area contributed by atoms with Crippen molar-refractivity contribution in [1.82, 2.24) is 0 Å². The van der Waals surface area contributed by atoms with Gasteiger partial charge < -0.3 is 20.4 Å². The van der Waals surface area contributed by atoms with Gasteiger partial charge in [0, 0.05) is 32.8 Å². The molecule has 6 nitrogen and oxygen atoms in total. The van der Waals surface area contributed by atoms with Crippen LogP contribution in [0.15, 0.2) is 169 Å². The van der Waals surface area contributed by atoms with Crippen LogP contribution in [0.1, 0.15) is 114 Å². The number of carbonyl (C=O) groups is 2. The molecule has 0 saturated heterocycles. The zero-order valence-electron chi connectivity index (χ0n) is 37.6. The van der Waals surface area contributed by atoms with E-state index in [2.05, 4.69) is 104 Å². The smallest absolute Gasteiger partial charge is 0.182 e. The number of ketones is 2. The summed E-state index contributed by atoms with van der Waals surface area (Å²) in [5.74, 6) is 1.03. The molecule has 7 rings (SSSR count). The first-order valence-electron chi connectivity index (χ1n) is 20.9. The lowest BCUT2D eigenvalue weighted by Crippen LogP contribution is -2.21. The fourth-order valence-electron chi connectivity index (χ4n) is 7.55. The van der Waals surface area contributed by atoms with Gasteiger partial charge in [0.25, 0.3) is 0 Å². The normalized spacial score (nSPS) is 13.2. The Morgan fingerprint density at radius 2 is 0.403 bits per heavy atom. The number of phenolic OH excluding ortho intramolecular Hbond substituents is 4. The highest BCUT2D eigenvalue weighted by atomic mass is 16.3. The molecule has 0 spiro atoms. The second-order valence-electron chi connectivity index (χ2n) is 18.2. The molecular formula is C56H60O6. The fraction of sp³-hybridized carbons (Fsp3) is 0.250. The summed E-state index contributed by atoms with van der Waals surface area (Å²) in [5, 5.41) is 38.1. The predicted molar refractivity (Wildman–Crippen MR) is 251 cm³/mol. The summed E-state index contributed by atoms with van der Waals surface area (Å²) in [7, 11) is 0. The predicted octanol–water partition coefficient (Wildman–Crippen LogP) is 12.5. The molecule has 0 amide bonds. The molecule has 6 aromatic rings. The molecule has 1 aliphatic carbocycles. The van der Waals surface area contributed by atoms with E-state index in [-0.39, 0.29) is 56.2 Å². The average molecular weight is 829 g/mol. The zero-order chi connectivity index (χ0) is 45.6. The van der Waals surface area contributed by atoms with Crippen molar-refractivity contribution in [3.05, 3.63) is 213 Å². The summed E-state index contributed by atoms with van der Waals surface area (Å²) in [6.45, 7) is 20.8. The van der Waals surface area contributed by atoms with Crippen molar-refractivity contribution in [3.63, 3.8) is 0 Å². The summed E-state index contributed by atoms with van der Waals surface area (Å²) in [4.78, 5) is 21.7. The largest absolute Gasteiger partial charge is 0.508 e. The van der Waals surface area contributed by atoms with Crippen molar-refractivity contribution >= 4 is 11.6 Å². The number of hydrogen-bond donors (Lipinski definition) is 4. The van der Waals surface area contributed by atoms with Gasteiger partial charge in [0.1, 0.15) is 23.0 Å². The third-order valence-electron chi connectivity index (χ3n) is 12.5. The van der Waals surface area contributed by atoms with E-state index in [0.29, 0.717) is 11.1 Å². The molecule has 0 aliphatic heterocycles. The molecule has 320 valence electrons. The van der Waals surface area contributed by atoms with Crippen LogP contribution in [0.5, 0.6) is 23.0 Å². The minimum Gasteiger partial charge on any atom is -0.508 e. The van der Waals surface area contributed by atoms with E-state index in [4.69, 9.17) is 0 Å². The SMILES string of the molecule is CC(C)(c1ccc(O)cc1)c1ccc(C(C)(C)c2ccc(O)cc2)cc1.CC(C)(c1ccc(O)cc1)c1ccc(C(C)(C)c2ccc(O)cc2)cc1.CC1=CC(=O)C(C)=CC1=O. The lowest BCUT2D eigenvalue weighted by Gasteiger charge is -2.29. The average Bonchev–Trinajstić information content (AvgIpc) is 3.24. The molecule has 0 unspecified atom stereocenters. The molecule has 0 aromatic heterocycles. The molecule has 6 heteroatoms. The standard InChI is InChI=1S/2C24H26O2.C8H8O2/c2*1-23(2,19-9-13-21(25)14-10-19)17-5-7-18(8-6-17)24(3,4)20-11-15-22(26)16-12-20;1-5-3-8(10)6(2)4-7(5)9/h2*5-16,25-26H,1-4H3;3-4H,1-2H3. The number of carbonyl (C=O) groups excluding carboxylic acids is 2. The molecular weight excluding hydrogens is 769 g/mol. The van der Waals surface area contributed by atoms with Crippen LogP contribution in [0.4, 0.5) is 0 Å². The molecule has 0 heterocycles. The van der Waals surface area contributed by atoms with Crippen molar-refractivity contribution < 1.29 is 30.0 Å². The quantitative estimate of drug-likeness (QED) is 0.114. The number of allylic oxidation sites excluding steroid dienone is 4. The van der Waals surface area contributed by atoms with Crippen LogP contribution in [-0.4, -0.2) is 32.0 Å². The number of benzene rings is 6. The zero-order valence-corrected chi connectivity index (χ0v) is 37.6. The molecule has 0 saturated carbocycles. The third-order valence-corrected chi connectivity index (χ3v) is 12.5. The molecule has 0 fully saturated rings. The van der Waals surface area contributed by atoms with E-state index in [9.17, 15) is 30.0 Å². The van der Waals surface area contributed by atoms with Gasteiger partial charge in [0.2, 0.25) is 0 Å². The number of aromatic hydroxyl groups is 4. The van der Waals surface area contributed by atoms with Crippen LogP contribution in [0.2, 0.25) is 0 Å². The number of hydrogen-bond acceptors (Lipinski definition) is 6. The first-order chi connectivity index (χ1) is 29.0. The van der Waals surface area contributed by atoms with Gasteiger partial charge in [-0.1, -0.05) is 152 Å². The molecule has 6 aromatic carbocycles. The topological polar surface area (TPSA) is 115 Å². The van der Waals surface area contributed by atoms with Crippen LogP contribution in [0.3, 0.4) is 0 Å². The summed E-state index contributed by atoms with van der Waals surface area (Å²) >= 11 is 0. The first-order valence-corrected chi connectivity index (χ1v) is 20.9. The number of phenols is 4. The number of rotatable bonds is 8. The van der Waals surface area contributed by atoms with Crippen LogP contribution in [-0.2, 0) is 31.2 Å². The monoisotopic (exact) mass is 828 g/mol. The summed E-state index contributed by atoms with van der Waals surface area (Å²) in [6.07, 6.45) is 2.75. The van der Waals surface area contributed by atoms with Crippen molar-refractivity contribution in [1.29, 1.82) is 0 Å². The maximum atomic E-state index is 10.9. The highest BCUT2D eigenvalue weighted by Gasteiger charge is 2.28. The lowest BCUT2D eigenvalue weighted by molar-refractivity contribution is -0.115. The maximum absolute atomic E-state index is 10.9. The van der Waals surface area contributed by atoms with E-state index in [1.54, 1.807) is 62.4 Å². The third kappa shape index (κ3) is 10.6. The molecule has 62 heavy (non-hydrogen) atoms. The van der Waals surface area contributed by atoms with E-state index >= 15 is 0 Å². The van der Waals surface area contributed by atoms with Gasteiger partial charge in [0.05, 0.1) is 0 Å². The Hall–Kier alpha value is -6.66. The summed E-state index contributed by atoms with van der Waals surface area (Å²) in [6, 6.07) is 47.2. The van der Waals surface area contributed by atoms with Crippen molar-refractivity contribution in [3.8, 4) is 23.0 Å². The summed E-state index contributed by atoms with van der Waals surface area (Å²) in [5.41, 5.74) is 10.1. The Labute approximate surface area is 367 Å². The maximum Gasteiger partial charge on any atom is 0.182 e. The Morgan fingerprint density at radius 3 is 0.548 bits per heavy atom. The first kappa shape index (κ1) is 46.4. The Morgan fingerprint density at radius 1 is 0.274 bits per heavy atom. The van der Waals surface area contributed by atoms with Crippen LogP contribution >= 0.6 is 0 Å². The van der Waals surface area contributed by atoms with Gasteiger partial charge in [-0.25, -0.2) is 0 Å². The fourth-order valence-corrected chi connectivity index (χ4v) is 7.55. The Balaban J connectivity index is 0.000000192. The van der Waals surface area contributed by atoms with Gasteiger partial charge in [-0.05, 0) is 119 Å². The van der Waals surface area contributed by atoms with Crippen molar-refractivity contribution in [2.75, 3.05) is 0 Å². The molecule has 0 radical (unpaired) electrons. The van der Waals surface area contributed by atoms with Gasteiger partial charge in [-0.3, -0.25) is 9.59 Å². The molecule has 0 bridgehead atoms. The molecule has 1 aliphatic rings.